The van der Waals surface area contributed by atoms with E-state index in [0.29, 0.717) is 25.3 Å². The summed E-state index contributed by atoms with van der Waals surface area (Å²) < 4.78 is 12.0. The topological polar surface area (TPSA) is 126 Å². The summed E-state index contributed by atoms with van der Waals surface area (Å²) in [5.74, 6) is -0.725. The summed E-state index contributed by atoms with van der Waals surface area (Å²) >= 11 is 0. The van der Waals surface area contributed by atoms with Gasteiger partial charge in [0.2, 0.25) is 0 Å². The monoisotopic (exact) mass is 1050 g/mol. The maximum atomic E-state index is 13.0. The molecular weight excluding hydrogens is 925 g/mol. The van der Waals surface area contributed by atoms with Crippen LogP contribution in [0.3, 0.4) is 0 Å². The normalized spacial score (nSPS) is 25.2. The van der Waals surface area contributed by atoms with Crippen molar-refractivity contribution in [3.05, 3.63) is 0 Å². The van der Waals surface area contributed by atoms with E-state index in [-0.39, 0.29) is 70.2 Å². The number of carbonyl (C=O) groups is 2. The highest BCUT2D eigenvalue weighted by molar-refractivity contribution is 5.78. The summed E-state index contributed by atoms with van der Waals surface area (Å²) in [6.07, 6.45) is 27.3. The molecule has 2 atom stereocenters. The maximum absolute atomic E-state index is 13.0. The molecule has 4 N–H and O–H groups in total. The molecule has 12 heteroatoms. The number of hydrogen-bond acceptors (Lipinski definition) is 12. The van der Waals surface area contributed by atoms with Crippen molar-refractivity contribution in [1.29, 1.82) is 0 Å². The van der Waals surface area contributed by atoms with E-state index in [1.807, 2.05) is 0 Å². The summed E-state index contributed by atoms with van der Waals surface area (Å²) in [5, 5.41) is 19.3. The van der Waals surface area contributed by atoms with Gasteiger partial charge in [0.25, 0.3) is 0 Å². The van der Waals surface area contributed by atoms with Crippen molar-refractivity contribution in [3.63, 3.8) is 0 Å². The van der Waals surface area contributed by atoms with Crippen LogP contribution >= 0.6 is 0 Å². The fourth-order valence-corrected chi connectivity index (χ4v) is 13.7. The van der Waals surface area contributed by atoms with Crippen molar-refractivity contribution < 1.29 is 28.7 Å². The predicted molar refractivity (Wildman–Crippen MR) is 309 cm³/mol. The van der Waals surface area contributed by atoms with Gasteiger partial charge in [0.15, 0.2) is 0 Å². The van der Waals surface area contributed by atoms with Gasteiger partial charge >= 0.3 is 11.9 Å². The first-order valence-corrected chi connectivity index (χ1v) is 30.7. The van der Waals surface area contributed by atoms with E-state index in [9.17, 15) is 9.59 Å². The number of carbonyl (C=O) groups excluding carboxylic acids is 2. The molecule has 4 aliphatic rings. The molecule has 4 saturated heterocycles. The number of esters is 2. The predicted octanol–water partition coefficient (Wildman–Crippen LogP) is 13.8. The Labute approximate surface area is 456 Å². The third-order valence-electron chi connectivity index (χ3n) is 16.6. The molecule has 0 aliphatic carbocycles. The van der Waals surface area contributed by atoms with Crippen LogP contribution in [-0.4, -0.2) is 117 Å². The molecule has 0 aromatic heterocycles. The smallest absolute Gasteiger partial charge is 0.306 e. The fourth-order valence-electron chi connectivity index (χ4n) is 13.7. The molecule has 0 bridgehead atoms. The molecule has 0 spiro atoms. The fraction of sp³-hybridized carbons (Fsp3) is 0.968. The molecule has 2 unspecified atom stereocenters. The Kier molecular flexibility index (Phi) is 27.4. The number of rotatable bonds is 30. The first kappa shape index (κ1) is 66.9. The summed E-state index contributed by atoms with van der Waals surface area (Å²) in [6.45, 7) is 43.9. The lowest BCUT2D eigenvalue weighted by Crippen LogP contribution is -2.65. The van der Waals surface area contributed by atoms with Gasteiger partial charge in [0.1, 0.15) is 12.2 Å². The van der Waals surface area contributed by atoms with Gasteiger partial charge in [-0.3, -0.25) is 19.3 Å². The zero-order valence-electron chi connectivity index (χ0n) is 51.9. The number of hydroxylamine groups is 4. The van der Waals surface area contributed by atoms with Crippen molar-refractivity contribution in [1.82, 2.24) is 31.4 Å². The molecule has 0 aromatic rings. The van der Waals surface area contributed by atoms with Crippen LogP contribution in [0.1, 0.15) is 292 Å². The number of ether oxygens (including phenoxy) is 2. The molecule has 0 amide bonds. The van der Waals surface area contributed by atoms with Gasteiger partial charge in [-0.05, 0) is 201 Å². The third-order valence-corrected chi connectivity index (χ3v) is 16.6. The summed E-state index contributed by atoms with van der Waals surface area (Å²) in [5.41, 5.74) is -0.342. The van der Waals surface area contributed by atoms with Crippen LogP contribution in [0.4, 0.5) is 0 Å². The van der Waals surface area contributed by atoms with E-state index in [4.69, 9.17) is 19.1 Å². The summed E-state index contributed by atoms with van der Waals surface area (Å²) in [7, 11) is 0. The minimum atomic E-state index is -0.488. The minimum absolute atomic E-state index is 0.00428. The summed E-state index contributed by atoms with van der Waals surface area (Å²) in [4.78, 5) is 38.8. The van der Waals surface area contributed by atoms with Crippen molar-refractivity contribution >= 4 is 11.9 Å². The number of unbranched alkanes of at least 4 members (excludes halogenated alkanes) is 13. The zero-order chi connectivity index (χ0) is 55.5. The SMILES string of the molecule is CC1(C)CC(NCCCCCCNC2CC(C)(C)NC(C)(C)C2)CC(C)(C)N1.CCCCCCCCON1C(C)(C)CCC(OC(=O)CCC(=O)OC2CCC(C)(C)N(OCCCCCCCC)C2(C)C)C1(C)C. The molecule has 4 heterocycles. The van der Waals surface area contributed by atoms with Crippen LogP contribution in [0.25, 0.3) is 0 Å². The van der Waals surface area contributed by atoms with Gasteiger partial charge in [0, 0.05) is 45.3 Å². The highest BCUT2D eigenvalue weighted by atomic mass is 16.7. The van der Waals surface area contributed by atoms with Gasteiger partial charge < -0.3 is 30.7 Å². The van der Waals surface area contributed by atoms with E-state index in [1.165, 1.54) is 129 Å². The molecule has 4 aliphatic heterocycles. The molecule has 0 saturated carbocycles. The molecular formula is C62H122N6O6. The van der Waals surface area contributed by atoms with Gasteiger partial charge in [-0.2, -0.15) is 10.1 Å². The maximum Gasteiger partial charge on any atom is 0.306 e. The number of nitrogens with zero attached hydrogens (tertiary/aromatic N) is 2. The molecule has 74 heavy (non-hydrogen) atoms. The van der Waals surface area contributed by atoms with Crippen molar-refractivity contribution in [2.45, 2.75) is 360 Å². The van der Waals surface area contributed by atoms with Crippen LogP contribution in [0, 0.1) is 0 Å². The quantitative estimate of drug-likeness (QED) is 0.0404. The largest absolute Gasteiger partial charge is 0.460 e. The highest BCUT2D eigenvalue weighted by Gasteiger charge is 2.52. The highest BCUT2D eigenvalue weighted by Crippen LogP contribution is 2.42. The average Bonchev–Trinajstić information content (AvgIpc) is 3.25. The van der Waals surface area contributed by atoms with Crippen molar-refractivity contribution in [2.75, 3.05) is 26.3 Å². The molecule has 4 rings (SSSR count). The molecule has 436 valence electrons. The van der Waals surface area contributed by atoms with Crippen LogP contribution in [0.15, 0.2) is 0 Å². The van der Waals surface area contributed by atoms with E-state index >= 15 is 0 Å². The lowest BCUT2D eigenvalue weighted by Gasteiger charge is -2.54. The second kappa shape index (κ2) is 30.3. The molecule has 0 radical (unpaired) electrons. The Morgan fingerprint density at radius 3 is 1.07 bits per heavy atom. The third kappa shape index (κ3) is 23.5. The Bertz CT molecular complexity index is 1460. The second-order valence-corrected chi connectivity index (χ2v) is 28.6. The Morgan fingerprint density at radius 2 is 0.743 bits per heavy atom. The van der Waals surface area contributed by atoms with E-state index in [1.54, 1.807) is 0 Å². The van der Waals surface area contributed by atoms with Crippen LogP contribution in [0.5, 0.6) is 0 Å². The van der Waals surface area contributed by atoms with E-state index in [0.717, 1.165) is 38.5 Å². The average molecular weight is 1050 g/mol. The number of hydrogen-bond donors (Lipinski definition) is 4. The van der Waals surface area contributed by atoms with Crippen LogP contribution in [-0.2, 0) is 28.7 Å². The zero-order valence-corrected chi connectivity index (χ0v) is 51.9. The molecule has 4 fully saturated rings. The standard InChI is InChI=1S/C38H72N2O6.C24H50N4/c1-11-13-15-17-19-21-29-43-39-35(3,4)27-25-31(37(39,7)8)45-33(41)23-24-34(42)46-32-26-28-36(5,6)40(38(32,9)10)44-30-22-20-18-16-14-12-2;1-21(2)15-19(16-22(3,4)27-21)25-13-11-9-10-12-14-26-20-17-23(5,6)28-24(7,8)18-20/h31-32H,11-30H2,1-10H3;19-20,25-28H,9-18H2,1-8H3. The lowest BCUT2D eigenvalue weighted by atomic mass is 9.79. The van der Waals surface area contributed by atoms with Crippen LogP contribution < -0.4 is 21.3 Å². The van der Waals surface area contributed by atoms with Crippen molar-refractivity contribution in [3.8, 4) is 0 Å². The van der Waals surface area contributed by atoms with E-state index in [2.05, 4.69) is 156 Å². The Balaban J connectivity index is 0.000000439. The second-order valence-electron chi connectivity index (χ2n) is 28.6. The van der Waals surface area contributed by atoms with Crippen molar-refractivity contribution in [2.24, 2.45) is 0 Å². The molecule has 0 aromatic carbocycles. The minimum Gasteiger partial charge on any atom is -0.460 e. The van der Waals surface area contributed by atoms with Gasteiger partial charge in [-0.25, -0.2) is 0 Å². The summed E-state index contributed by atoms with van der Waals surface area (Å²) in [6, 6.07) is 1.30. The number of nitrogens with one attached hydrogen (secondary N) is 4. The van der Waals surface area contributed by atoms with Gasteiger partial charge in [-0.15, -0.1) is 0 Å². The van der Waals surface area contributed by atoms with E-state index < -0.39 is 11.1 Å². The Hall–Kier alpha value is -1.38. The first-order valence-electron chi connectivity index (χ1n) is 30.7. The lowest BCUT2D eigenvalue weighted by molar-refractivity contribution is -0.304. The first-order chi connectivity index (χ1) is 34.4. The Morgan fingerprint density at radius 1 is 0.446 bits per heavy atom. The van der Waals surface area contributed by atoms with Crippen LogP contribution in [0.2, 0.25) is 0 Å². The van der Waals surface area contributed by atoms with Gasteiger partial charge in [0.05, 0.1) is 37.1 Å². The van der Waals surface area contributed by atoms with Gasteiger partial charge in [-0.1, -0.05) is 90.9 Å². The molecule has 12 nitrogen and oxygen atoms in total. The number of piperidine rings is 4.